The fraction of sp³-hybridized carbons (Fsp3) is 0.294. The molecule has 2 aromatic rings. The Hall–Kier alpha value is -1.87. The van der Waals surface area contributed by atoms with Crippen molar-refractivity contribution in [3.8, 4) is 5.75 Å². The number of rotatable bonds is 3. The van der Waals surface area contributed by atoms with Gasteiger partial charge >= 0.3 is 0 Å². The van der Waals surface area contributed by atoms with Crippen LogP contribution in [0.15, 0.2) is 30.3 Å². The standard InChI is InChI=1S/C17H20FNO/c1-10-7-12(3)14(8-11(10)2)17(19)13-5-6-15(18)16(9-13)20-4/h5-9,17H,19H2,1-4H3. The van der Waals surface area contributed by atoms with Gasteiger partial charge in [-0.25, -0.2) is 4.39 Å². The lowest BCUT2D eigenvalue weighted by Crippen LogP contribution is -2.14. The first-order valence-corrected chi connectivity index (χ1v) is 6.60. The first kappa shape index (κ1) is 14.5. The third kappa shape index (κ3) is 2.68. The van der Waals surface area contributed by atoms with E-state index in [0.29, 0.717) is 0 Å². The summed E-state index contributed by atoms with van der Waals surface area (Å²) in [6, 6.07) is 8.70. The zero-order chi connectivity index (χ0) is 14.9. The molecule has 0 bridgehead atoms. The van der Waals surface area contributed by atoms with Gasteiger partial charge in [0.1, 0.15) is 0 Å². The van der Waals surface area contributed by atoms with Crippen molar-refractivity contribution in [2.24, 2.45) is 5.73 Å². The summed E-state index contributed by atoms with van der Waals surface area (Å²) in [7, 11) is 1.45. The molecule has 0 saturated heterocycles. The number of nitrogens with two attached hydrogens (primary N) is 1. The molecule has 0 saturated carbocycles. The van der Waals surface area contributed by atoms with Crippen molar-refractivity contribution in [2.75, 3.05) is 7.11 Å². The van der Waals surface area contributed by atoms with Crippen molar-refractivity contribution < 1.29 is 9.13 Å². The van der Waals surface area contributed by atoms with Gasteiger partial charge in [-0.05, 0) is 60.7 Å². The van der Waals surface area contributed by atoms with Crippen molar-refractivity contribution in [1.82, 2.24) is 0 Å². The third-order valence-electron chi connectivity index (χ3n) is 3.75. The van der Waals surface area contributed by atoms with Crippen molar-refractivity contribution >= 4 is 0 Å². The zero-order valence-electron chi connectivity index (χ0n) is 12.3. The molecule has 0 aliphatic heterocycles. The molecule has 0 aliphatic carbocycles. The average molecular weight is 273 g/mol. The van der Waals surface area contributed by atoms with E-state index in [2.05, 4.69) is 26.0 Å². The van der Waals surface area contributed by atoms with Crippen LogP contribution in [0.2, 0.25) is 0 Å². The molecule has 1 unspecified atom stereocenters. The second-order valence-corrected chi connectivity index (χ2v) is 5.16. The highest BCUT2D eigenvalue weighted by Crippen LogP contribution is 2.28. The maximum Gasteiger partial charge on any atom is 0.165 e. The Morgan fingerprint density at radius 2 is 1.65 bits per heavy atom. The van der Waals surface area contributed by atoms with Crippen molar-refractivity contribution in [3.05, 3.63) is 64.0 Å². The zero-order valence-corrected chi connectivity index (χ0v) is 12.3. The van der Waals surface area contributed by atoms with Crippen LogP contribution in [0, 0.1) is 26.6 Å². The van der Waals surface area contributed by atoms with E-state index in [1.54, 1.807) is 12.1 Å². The van der Waals surface area contributed by atoms with Gasteiger partial charge in [0.25, 0.3) is 0 Å². The molecule has 0 heterocycles. The molecule has 0 radical (unpaired) electrons. The van der Waals surface area contributed by atoms with Crippen LogP contribution in [0.4, 0.5) is 4.39 Å². The normalized spacial score (nSPS) is 12.3. The predicted octanol–water partition coefficient (Wildman–Crippen LogP) is 3.81. The molecule has 2 rings (SSSR count). The summed E-state index contributed by atoms with van der Waals surface area (Å²) in [5.41, 5.74) is 11.8. The fourth-order valence-corrected chi connectivity index (χ4v) is 2.37. The molecule has 20 heavy (non-hydrogen) atoms. The molecule has 2 aromatic carbocycles. The SMILES string of the molecule is COc1cc(C(N)c2cc(C)c(C)cc2C)ccc1F. The number of hydrogen-bond donors (Lipinski definition) is 1. The Bertz CT molecular complexity index is 637. The van der Waals surface area contributed by atoms with Crippen molar-refractivity contribution in [1.29, 1.82) is 0 Å². The Labute approximate surface area is 119 Å². The van der Waals surface area contributed by atoms with E-state index in [4.69, 9.17) is 10.5 Å². The van der Waals surface area contributed by atoms with E-state index in [1.165, 1.54) is 24.3 Å². The topological polar surface area (TPSA) is 35.2 Å². The third-order valence-corrected chi connectivity index (χ3v) is 3.75. The molecule has 3 heteroatoms. The van der Waals surface area contributed by atoms with Gasteiger partial charge < -0.3 is 10.5 Å². The number of ether oxygens (including phenoxy) is 1. The van der Waals surface area contributed by atoms with Crippen LogP contribution < -0.4 is 10.5 Å². The lowest BCUT2D eigenvalue weighted by molar-refractivity contribution is 0.385. The lowest BCUT2D eigenvalue weighted by atomic mass is 9.92. The molecule has 0 aliphatic rings. The highest BCUT2D eigenvalue weighted by molar-refractivity contribution is 5.43. The molecule has 106 valence electrons. The minimum Gasteiger partial charge on any atom is -0.494 e. The summed E-state index contributed by atoms with van der Waals surface area (Å²) in [6.07, 6.45) is 0. The van der Waals surface area contributed by atoms with Gasteiger partial charge in [0.15, 0.2) is 11.6 Å². The highest BCUT2D eigenvalue weighted by atomic mass is 19.1. The Morgan fingerprint density at radius 3 is 2.30 bits per heavy atom. The van der Waals surface area contributed by atoms with Crippen molar-refractivity contribution in [3.63, 3.8) is 0 Å². The monoisotopic (exact) mass is 273 g/mol. The van der Waals surface area contributed by atoms with Gasteiger partial charge in [-0.1, -0.05) is 18.2 Å². The first-order chi connectivity index (χ1) is 9.43. The summed E-state index contributed by atoms with van der Waals surface area (Å²) < 4.78 is 18.5. The largest absolute Gasteiger partial charge is 0.494 e. The minimum absolute atomic E-state index is 0.222. The molecule has 0 fully saturated rings. The van der Waals surface area contributed by atoms with Crippen molar-refractivity contribution in [2.45, 2.75) is 26.8 Å². The Morgan fingerprint density at radius 1 is 1.00 bits per heavy atom. The minimum atomic E-state index is -0.375. The average Bonchev–Trinajstić information content (AvgIpc) is 2.42. The Kier molecular flexibility index (Phi) is 4.09. The van der Waals surface area contributed by atoms with Crippen LogP contribution in [-0.2, 0) is 0 Å². The molecule has 0 amide bonds. The lowest BCUT2D eigenvalue weighted by Gasteiger charge is -2.18. The maximum absolute atomic E-state index is 13.5. The van der Waals surface area contributed by atoms with Gasteiger partial charge in [-0.15, -0.1) is 0 Å². The number of benzene rings is 2. The van der Waals surface area contributed by atoms with E-state index in [9.17, 15) is 4.39 Å². The van der Waals surface area contributed by atoms with Crippen LogP contribution in [-0.4, -0.2) is 7.11 Å². The Balaban J connectivity index is 2.46. The summed E-state index contributed by atoms with van der Waals surface area (Å²) in [4.78, 5) is 0. The summed E-state index contributed by atoms with van der Waals surface area (Å²) in [5.74, 6) is -0.153. The second-order valence-electron chi connectivity index (χ2n) is 5.16. The molecular weight excluding hydrogens is 253 g/mol. The van der Waals surface area contributed by atoms with Gasteiger partial charge in [0.2, 0.25) is 0 Å². The van der Waals surface area contributed by atoms with Crippen LogP contribution >= 0.6 is 0 Å². The quantitative estimate of drug-likeness (QED) is 0.923. The van der Waals surface area contributed by atoms with Gasteiger partial charge in [-0.2, -0.15) is 0 Å². The molecule has 2 N–H and O–H groups in total. The maximum atomic E-state index is 13.5. The van der Waals surface area contributed by atoms with Crippen LogP contribution in [0.5, 0.6) is 5.75 Å². The van der Waals surface area contributed by atoms with E-state index < -0.39 is 0 Å². The second kappa shape index (κ2) is 5.63. The molecule has 0 spiro atoms. The summed E-state index contributed by atoms with van der Waals surface area (Å²) >= 11 is 0. The smallest absolute Gasteiger partial charge is 0.165 e. The number of hydrogen-bond acceptors (Lipinski definition) is 2. The van der Waals surface area contributed by atoms with Crippen LogP contribution in [0.25, 0.3) is 0 Å². The van der Waals surface area contributed by atoms with E-state index in [1.807, 2.05) is 6.92 Å². The van der Waals surface area contributed by atoms with E-state index >= 15 is 0 Å². The van der Waals surface area contributed by atoms with Crippen LogP contribution in [0.1, 0.15) is 33.9 Å². The number of halogens is 1. The molecular formula is C17H20FNO. The molecule has 2 nitrogen and oxygen atoms in total. The molecule has 0 aromatic heterocycles. The van der Waals surface area contributed by atoms with Crippen LogP contribution in [0.3, 0.4) is 0 Å². The predicted molar refractivity (Wildman–Crippen MR) is 79.6 cm³/mol. The molecule has 1 atom stereocenters. The number of methoxy groups -OCH3 is 1. The number of aryl methyl sites for hydroxylation is 3. The van der Waals surface area contributed by atoms with Gasteiger partial charge in [-0.3, -0.25) is 0 Å². The van der Waals surface area contributed by atoms with Gasteiger partial charge in [0, 0.05) is 0 Å². The van der Waals surface area contributed by atoms with E-state index in [-0.39, 0.29) is 17.6 Å². The summed E-state index contributed by atoms with van der Waals surface area (Å²) in [6.45, 7) is 6.19. The van der Waals surface area contributed by atoms with Gasteiger partial charge in [0.05, 0.1) is 13.2 Å². The summed E-state index contributed by atoms with van der Waals surface area (Å²) in [5, 5.41) is 0. The first-order valence-electron chi connectivity index (χ1n) is 6.60. The fourth-order valence-electron chi connectivity index (χ4n) is 2.37. The van der Waals surface area contributed by atoms with E-state index in [0.717, 1.165) is 16.7 Å². The highest BCUT2D eigenvalue weighted by Gasteiger charge is 2.15.